The Morgan fingerprint density at radius 3 is 2.50 bits per heavy atom. The molecule has 1 atom stereocenters. The molecule has 8 heteroatoms. The van der Waals surface area contributed by atoms with Crippen LogP contribution in [0.1, 0.15) is 45.2 Å². The smallest absolute Gasteiger partial charge is 0.337 e. The number of carbonyl (C=O) groups is 2. The van der Waals surface area contributed by atoms with Crippen LogP contribution in [0.15, 0.2) is 35.5 Å². The molecule has 3 N–H and O–H groups in total. The van der Waals surface area contributed by atoms with Crippen LogP contribution < -0.4 is 16.0 Å². The van der Waals surface area contributed by atoms with Gasteiger partial charge < -0.3 is 25.6 Å². The van der Waals surface area contributed by atoms with Crippen LogP contribution in [0.4, 0.5) is 10.5 Å². The van der Waals surface area contributed by atoms with Gasteiger partial charge >= 0.3 is 12.0 Å². The van der Waals surface area contributed by atoms with Crippen molar-refractivity contribution >= 4 is 35.0 Å². The molecule has 0 spiro atoms. The Labute approximate surface area is 171 Å². The summed E-state index contributed by atoms with van der Waals surface area (Å²) in [4.78, 5) is 26.2. The van der Waals surface area contributed by atoms with Crippen molar-refractivity contribution in [3.05, 3.63) is 41.1 Å². The summed E-state index contributed by atoms with van der Waals surface area (Å²) in [6, 6.07) is 6.68. The number of ether oxygens (including phenoxy) is 1. The second-order valence-corrected chi connectivity index (χ2v) is 6.86. The van der Waals surface area contributed by atoms with Crippen LogP contribution in [0.3, 0.4) is 0 Å². The molecule has 0 saturated carbocycles. The first kappa shape index (κ1) is 21.7. The summed E-state index contributed by atoms with van der Waals surface area (Å²) in [6.45, 7) is 7.21. The van der Waals surface area contributed by atoms with Gasteiger partial charge in [-0.25, -0.2) is 9.59 Å². The van der Waals surface area contributed by atoms with E-state index in [4.69, 9.17) is 17.0 Å². The molecule has 28 heavy (non-hydrogen) atoms. The summed E-state index contributed by atoms with van der Waals surface area (Å²) in [5.74, 6) is -0.395. The van der Waals surface area contributed by atoms with Gasteiger partial charge in [-0.1, -0.05) is 25.5 Å². The van der Waals surface area contributed by atoms with E-state index in [2.05, 4.69) is 22.9 Å². The van der Waals surface area contributed by atoms with Crippen molar-refractivity contribution in [2.75, 3.05) is 25.5 Å². The predicted octanol–water partition coefficient (Wildman–Crippen LogP) is 3.31. The number of amides is 2. The van der Waals surface area contributed by atoms with Gasteiger partial charge in [-0.05, 0) is 50.2 Å². The lowest BCUT2D eigenvalue weighted by atomic mass is 9.95. The average molecular weight is 405 g/mol. The number of esters is 1. The molecule has 1 aromatic rings. The Morgan fingerprint density at radius 1 is 1.25 bits per heavy atom. The molecule has 2 rings (SSSR count). The summed E-state index contributed by atoms with van der Waals surface area (Å²) in [7, 11) is 1.37. The fraction of sp³-hybridized carbons (Fsp3) is 0.450. The molecule has 0 radical (unpaired) electrons. The summed E-state index contributed by atoms with van der Waals surface area (Å²) in [6.07, 6.45) is 1.96. The van der Waals surface area contributed by atoms with E-state index >= 15 is 0 Å². The van der Waals surface area contributed by atoms with E-state index < -0.39 is 12.0 Å². The zero-order valence-electron chi connectivity index (χ0n) is 16.8. The number of rotatable bonds is 7. The van der Waals surface area contributed by atoms with Gasteiger partial charge in [0.25, 0.3) is 0 Å². The Balaban J connectivity index is 2.21. The monoisotopic (exact) mass is 404 g/mol. The molecule has 1 aliphatic rings. The summed E-state index contributed by atoms with van der Waals surface area (Å²) < 4.78 is 4.99. The lowest BCUT2D eigenvalue weighted by Gasteiger charge is -2.36. The number of anilines is 1. The molecule has 152 valence electrons. The maximum Gasteiger partial charge on any atom is 0.337 e. The molecule has 0 unspecified atom stereocenters. The largest absolute Gasteiger partial charge is 0.466 e. The van der Waals surface area contributed by atoms with Crippen LogP contribution >= 0.6 is 12.2 Å². The third kappa shape index (κ3) is 5.01. The average Bonchev–Trinajstić information content (AvgIpc) is 2.68. The van der Waals surface area contributed by atoms with Gasteiger partial charge in [0.05, 0.1) is 18.7 Å². The number of unbranched alkanes of at least 4 members (excludes halogenated alkanes) is 1. The van der Waals surface area contributed by atoms with Crippen LogP contribution in [-0.2, 0) is 9.53 Å². The maximum atomic E-state index is 12.4. The van der Waals surface area contributed by atoms with Crippen molar-refractivity contribution in [2.45, 2.75) is 39.7 Å². The molecule has 1 aromatic carbocycles. The summed E-state index contributed by atoms with van der Waals surface area (Å²) in [5, 5.41) is 9.40. The molecular weight excluding hydrogens is 376 g/mol. The van der Waals surface area contributed by atoms with E-state index in [1.165, 1.54) is 7.11 Å². The number of hydrogen-bond donors (Lipinski definition) is 3. The van der Waals surface area contributed by atoms with Crippen LogP contribution in [0.2, 0.25) is 0 Å². The van der Waals surface area contributed by atoms with E-state index in [1.54, 1.807) is 12.1 Å². The third-order valence-corrected chi connectivity index (χ3v) is 4.97. The molecule has 7 nitrogen and oxygen atoms in total. The topological polar surface area (TPSA) is 82.7 Å². The number of hydrogen-bond acceptors (Lipinski definition) is 4. The molecule has 0 fully saturated rings. The Hall–Kier alpha value is -2.61. The zero-order valence-corrected chi connectivity index (χ0v) is 17.6. The highest BCUT2D eigenvalue weighted by Crippen LogP contribution is 2.31. The van der Waals surface area contributed by atoms with Gasteiger partial charge in [0.2, 0.25) is 0 Å². The number of urea groups is 1. The molecule has 1 aliphatic heterocycles. The Morgan fingerprint density at radius 2 is 1.93 bits per heavy atom. The van der Waals surface area contributed by atoms with E-state index in [0.29, 0.717) is 29.5 Å². The molecule has 2 amide bonds. The van der Waals surface area contributed by atoms with Gasteiger partial charge in [-0.15, -0.1) is 0 Å². The minimum atomic E-state index is -0.407. The first-order chi connectivity index (χ1) is 13.4. The lowest BCUT2D eigenvalue weighted by Crippen LogP contribution is -2.47. The molecule has 0 aromatic heterocycles. The number of methoxy groups -OCH3 is 1. The predicted molar refractivity (Wildman–Crippen MR) is 114 cm³/mol. The fourth-order valence-corrected chi connectivity index (χ4v) is 3.48. The third-order valence-electron chi connectivity index (χ3n) is 4.64. The maximum absolute atomic E-state index is 12.4. The van der Waals surface area contributed by atoms with E-state index in [-0.39, 0.29) is 6.03 Å². The standard InChI is InChI=1S/C20H28N4O3S/c1-5-7-12-21-19(26)22-15-10-8-14(9-11-15)17-16(18(25)27-4)13(3)24(6-2)20(28)23-17/h8-11,17H,5-7,12H2,1-4H3,(H,23,28)(H2,21,22,26)/t17-/m1/s1. The molecule has 0 bridgehead atoms. The Kier molecular flexibility index (Phi) is 7.80. The summed E-state index contributed by atoms with van der Waals surface area (Å²) in [5.41, 5.74) is 2.83. The number of benzene rings is 1. The number of nitrogens with one attached hydrogen (secondary N) is 3. The van der Waals surface area contributed by atoms with Crippen LogP contribution in [0.25, 0.3) is 0 Å². The van der Waals surface area contributed by atoms with Crippen molar-refractivity contribution in [1.82, 2.24) is 15.5 Å². The fourth-order valence-electron chi connectivity index (χ4n) is 3.10. The number of nitrogens with zero attached hydrogens (tertiary/aromatic N) is 1. The van der Waals surface area contributed by atoms with Crippen molar-refractivity contribution < 1.29 is 14.3 Å². The normalized spacial score (nSPS) is 16.5. The van der Waals surface area contributed by atoms with Gasteiger partial charge in [0, 0.05) is 24.5 Å². The minimum Gasteiger partial charge on any atom is -0.466 e. The van der Waals surface area contributed by atoms with Crippen molar-refractivity contribution in [2.24, 2.45) is 0 Å². The first-order valence-electron chi connectivity index (χ1n) is 9.44. The highest BCUT2D eigenvalue weighted by molar-refractivity contribution is 7.80. The highest BCUT2D eigenvalue weighted by Gasteiger charge is 2.33. The SMILES string of the molecule is CCCCNC(=O)Nc1ccc([C@H]2NC(=S)N(CC)C(C)=C2C(=O)OC)cc1. The van der Waals surface area contributed by atoms with Crippen molar-refractivity contribution in [3.63, 3.8) is 0 Å². The first-order valence-corrected chi connectivity index (χ1v) is 9.85. The van der Waals surface area contributed by atoms with Gasteiger partial charge in [-0.2, -0.15) is 0 Å². The number of carbonyl (C=O) groups excluding carboxylic acids is 2. The van der Waals surface area contributed by atoms with Gasteiger partial charge in [0.15, 0.2) is 5.11 Å². The van der Waals surface area contributed by atoms with Crippen LogP contribution in [0, 0.1) is 0 Å². The quantitative estimate of drug-likeness (QED) is 0.367. The van der Waals surface area contributed by atoms with E-state index in [1.807, 2.05) is 30.9 Å². The van der Waals surface area contributed by atoms with Gasteiger partial charge in [0.1, 0.15) is 0 Å². The highest BCUT2D eigenvalue weighted by atomic mass is 32.1. The number of thiocarbonyl (C=S) groups is 1. The minimum absolute atomic E-state index is 0.234. The van der Waals surface area contributed by atoms with Gasteiger partial charge in [-0.3, -0.25) is 0 Å². The molecule has 1 heterocycles. The van der Waals surface area contributed by atoms with E-state index in [9.17, 15) is 9.59 Å². The second-order valence-electron chi connectivity index (χ2n) is 6.47. The van der Waals surface area contributed by atoms with Crippen LogP contribution in [-0.4, -0.2) is 42.2 Å². The summed E-state index contributed by atoms with van der Waals surface area (Å²) >= 11 is 5.45. The molecule has 0 saturated heterocycles. The zero-order chi connectivity index (χ0) is 20.7. The molecule has 0 aliphatic carbocycles. The lowest BCUT2D eigenvalue weighted by molar-refractivity contribution is -0.136. The number of allylic oxidation sites excluding steroid dienone is 1. The Bertz CT molecular complexity index is 761. The van der Waals surface area contributed by atoms with Crippen molar-refractivity contribution in [3.8, 4) is 0 Å². The van der Waals surface area contributed by atoms with E-state index in [0.717, 1.165) is 24.1 Å². The molecular formula is C20H28N4O3S. The van der Waals surface area contributed by atoms with Crippen molar-refractivity contribution in [1.29, 1.82) is 0 Å². The van der Waals surface area contributed by atoms with Crippen LogP contribution in [0.5, 0.6) is 0 Å². The second kappa shape index (κ2) is 10.1.